The Balaban J connectivity index is 1.50. The van der Waals surface area contributed by atoms with Gasteiger partial charge in [-0.1, -0.05) is 45.0 Å². The molecule has 1 atom stereocenters. The summed E-state index contributed by atoms with van der Waals surface area (Å²) in [5, 5.41) is 2.82. The number of rotatable bonds is 5. The van der Waals surface area contributed by atoms with Crippen LogP contribution in [-0.4, -0.2) is 37.6 Å². The molecule has 0 aliphatic carbocycles. The molecule has 0 aromatic heterocycles. The maximum Gasteiger partial charge on any atom is 0.263 e. The highest BCUT2D eigenvalue weighted by molar-refractivity contribution is 5.95. The molecule has 2 aromatic rings. The third-order valence-corrected chi connectivity index (χ3v) is 4.84. The third-order valence-electron chi connectivity index (χ3n) is 4.84. The fourth-order valence-corrected chi connectivity index (χ4v) is 3.18. The van der Waals surface area contributed by atoms with Crippen LogP contribution in [0.5, 0.6) is 11.5 Å². The summed E-state index contributed by atoms with van der Waals surface area (Å²) in [4.78, 5) is 26.0. The normalized spacial score (nSPS) is 15.9. The molecule has 1 N–H and O–H groups in total. The minimum atomic E-state index is -0.750. The number of carbonyl (C=O) groups excluding carboxylic acids is 2. The Bertz CT molecular complexity index is 871. The molecule has 6 nitrogen and oxygen atoms in total. The fourth-order valence-electron chi connectivity index (χ4n) is 3.18. The van der Waals surface area contributed by atoms with Gasteiger partial charge in [-0.3, -0.25) is 9.59 Å². The molecule has 0 spiro atoms. The Morgan fingerprint density at radius 1 is 1.14 bits per heavy atom. The number of nitrogens with one attached hydrogen (secondary N) is 1. The number of hydrogen-bond donors (Lipinski definition) is 1. The standard InChI is InChI=1S/C23H28N2O4/c1-16(26)25-15-21(29-20-8-6-5-7-19(20)25)22(27)24-13-14-28-18-11-9-17(10-12-18)23(2,3)4/h5-12,21H,13-15H2,1-4H3,(H,24,27). The van der Waals surface area contributed by atoms with Gasteiger partial charge in [0.25, 0.3) is 5.91 Å². The minimum absolute atomic E-state index is 0.0961. The van der Waals surface area contributed by atoms with Crippen molar-refractivity contribution in [3.05, 3.63) is 54.1 Å². The predicted octanol–water partition coefficient (Wildman–Crippen LogP) is 3.29. The minimum Gasteiger partial charge on any atom is -0.492 e. The van der Waals surface area contributed by atoms with E-state index in [1.165, 1.54) is 12.5 Å². The Hall–Kier alpha value is -3.02. The molecule has 154 valence electrons. The Labute approximate surface area is 171 Å². The molecular formula is C23H28N2O4. The van der Waals surface area contributed by atoms with Crippen molar-refractivity contribution in [2.75, 3.05) is 24.6 Å². The van der Waals surface area contributed by atoms with Crippen molar-refractivity contribution >= 4 is 17.5 Å². The van der Waals surface area contributed by atoms with Crippen LogP contribution in [-0.2, 0) is 15.0 Å². The molecule has 3 rings (SSSR count). The van der Waals surface area contributed by atoms with Gasteiger partial charge >= 0.3 is 0 Å². The Kier molecular flexibility index (Phi) is 6.11. The molecule has 0 saturated carbocycles. The molecule has 2 aromatic carbocycles. The molecule has 1 aliphatic heterocycles. The van der Waals surface area contributed by atoms with Crippen LogP contribution < -0.4 is 19.7 Å². The molecule has 1 heterocycles. The summed E-state index contributed by atoms with van der Waals surface area (Å²) in [5.74, 6) is 0.903. The highest BCUT2D eigenvalue weighted by Gasteiger charge is 2.32. The monoisotopic (exact) mass is 396 g/mol. The van der Waals surface area contributed by atoms with Crippen molar-refractivity contribution < 1.29 is 19.1 Å². The largest absolute Gasteiger partial charge is 0.492 e. The van der Waals surface area contributed by atoms with Crippen LogP contribution >= 0.6 is 0 Å². The van der Waals surface area contributed by atoms with Crippen LogP contribution in [0.1, 0.15) is 33.3 Å². The lowest BCUT2D eigenvalue weighted by molar-refractivity contribution is -0.128. The maximum absolute atomic E-state index is 12.5. The highest BCUT2D eigenvalue weighted by Crippen LogP contribution is 2.33. The van der Waals surface area contributed by atoms with Crippen LogP contribution in [0.3, 0.4) is 0 Å². The van der Waals surface area contributed by atoms with Crippen LogP contribution in [0.25, 0.3) is 0 Å². The highest BCUT2D eigenvalue weighted by atomic mass is 16.5. The quantitative estimate of drug-likeness (QED) is 0.788. The zero-order chi connectivity index (χ0) is 21.0. The van der Waals surface area contributed by atoms with Gasteiger partial charge < -0.3 is 19.7 Å². The first-order valence-corrected chi connectivity index (χ1v) is 9.80. The van der Waals surface area contributed by atoms with E-state index in [4.69, 9.17) is 9.47 Å². The number of amides is 2. The predicted molar refractivity (Wildman–Crippen MR) is 113 cm³/mol. The summed E-state index contributed by atoms with van der Waals surface area (Å²) in [6.45, 7) is 8.86. The SMILES string of the molecule is CC(=O)N1CC(C(=O)NCCOc2ccc(C(C)(C)C)cc2)Oc2ccccc21. The van der Waals surface area contributed by atoms with Gasteiger partial charge in [0.2, 0.25) is 5.91 Å². The number of hydrogen-bond acceptors (Lipinski definition) is 4. The summed E-state index contributed by atoms with van der Waals surface area (Å²) >= 11 is 0. The summed E-state index contributed by atoms with van der Waals surface area (Å²) in [7, 11) is 0. The first kappa shape index (κ1) is 20.7. The van der Waals surface area contributed by atoms with E-state index in [2.05, 4.69) is 38.2 Å². The lowest BCUT2D eigenvalue weighted by atomic mass is 9.87. The van der Waals surface area contributed by atoms with Crippen molar-refractivity contribution in [1.82, 2.24) is 5.32 Å². The van der Waals surface area contributed by atoms with Crippen LogP contribution in [0, 0.1) is 0 Å². The second-order valence-corrected chi connectivity index (χ2v) is 8.12. The number of nitrogens with zero attached hydrogens (tertiary/aromatic N) is 1. The second kappa shape index (κ2) is 8.55. The summed E-state index contributed by atoms with van der Waals surface area (Å²) < 4.78 is 11.5. The van der Waals surface area contributed by atoms with Gasteiger partial charge in [0.1, 0.15) is 18.1 Å². The Morgan fingerprint density at radius 2 is 1.83 bits per heavy atom. The first-order valence-electron chi connectivity index (χ1n) is 9.80. The second-order valence-electron chi connectivity index (χ2n) is 8.12. The van der Waals surface area contributed by atoms with Gasteiger partial charge in [-0.05, 0) is 35.2 Å². The number of benzene rings is 2. The van der Waals surface area contributed by atoms with E-state index < -0.39 is 6.10 Å². The van der Waals surface area contributed by atoms with E-state index in [9.17, 15) is 9.59 Å². The van der Waals surface area contributed by atoms with Crippen LogP contribution in [0.2, 0.25) is 0 Å². The molecule has 6 heteroatoms. The van der Waals surface area contributed by atoms with Crippen molar-refractivity contribution in [1.29, 1.82) is 0 Å². The van der Waals surface area contributed by atoms with Crippen LogP contribution in [0.15, 0.2) is 48.5 Å². The first-order chi connectivity index (χ1) is 13.8. The smallest absolute Gasteiger partial charge is 0.263 e. The number of para-hydroxylation sites is 2. The third kappa shape index (κ3) is 5.08. The molecule has 2 amide bonds. The number of ether oxygens (including phenoxy) is 2. The molecule has 0 radical (unpaired) electrons. The average molecular weight is 396 g/mol. The zero-order valence-corrected chi connectivity index (χ0v) is 17.4. The van der Waals surface area contributed by atoms with Gasteiger partial charge in [0.05, 0.1) is 18.8 Å². The van der Waals surface area contributed by atoms with E-state index in [1.54, 1.807) is 11.0 Å². The van der Waals surface area contributed by atoms with Crippen molar-refractivity contribution in [2.45, 2.75) is 39.2 Å². The van der Waals surface area contributed by atoms with Gasteiger partial charge in [0.15, 0.2) is 6.10 Å². The number of fused-ring (bicyclic) bond motifs is 1. The molecular weight excluding hydrogens is 368 g/mol. The van der Waals surface area contributed by atoms with E-state index >= 15 is 0 Å². The summed E-state index contributed by atoms with van der Waals surface area (Å²) in [6.07, 6.45) is -0.750. The lowest BCUT2D eigenvalue weighted by Crippen LogP contribution is -2.50. The molecule has 1 unspecified atom stereocenters. The maximum atomic E-state index is 12.5. The van der Waals surface area contributed by atoms with Crippen molar-refractivity contribution in [2.24, 2.45) is 0 Å². The van der Waals surface area contributed by atoms with Gasteiger partial charge in [-0.25, -0.2) is 0 Å². The number of carbonyl (C=O) groups is 2. The molecule has 29 heavy (non-hydrogen) atoms. The lowest BCUT2D eigenvalue weighted by Gasteiger charge is -2.33. The Morgan fingerprint density at radius 3 is 2.48 bits per heavy atom. The number of anilines is 1. The van der Waals surface area contributed by atoms with E-state index in [0.29, 0.717) is 24.6 Å². The van der Waals surface area contributed by atoms with E-state index in [0.717, 1.165) is 5.75 Å². The zero-order valence-electron chi connectivity index (χ0n) is 17.4. The average Bonchev–Trinajstić information content (AvgIpc) is 2.69. The molecule has 1 aliphatic rings. The van der Waals surface area contributed by atoms with Gasteiger partial charge in [0, 0.05) is 6.92 Å². The molecule has 0 fully saturated rings. The van der Waals surface area contributed by atoms with E-state index in [-0.39, 0.29) is 23.8 Å². The summed E-state index contributed by atoms with van der Waals surface area (Å²) in [5.41, 5.74) is 2.02. The molecule has 0 bridgehead atoms. The van der Waals surface area contributed by atoms with Gasteiger partial charge in [-0.2, -0.15) is 0 Å². The summed E-state index contributed by atoms with van der Waals surface area (Å²) in [6, 6.07) is 15.2. The van der Waals surface area contributed by atoms with Crippen LogP contribution in [0.4, 0.5) is 5.69 Å². The molecule has 0 saturated heterocycles. The van der Waals surface area contributed by atoms with Gasteiger partial charge in [-0.15, -0.1) is 0 Å². The topological polar surface area (TPSA) is 67.9 Å². The van der Waals surface area contributed by atoms with Crippen molar-refractivity contribution in [3.63, 3.8) is 0 Å². The van der Waals surface area contributed by atoms with Crippen molar-refractivity contribution in [3.8, 4) is 11.5 Å². The fraction of sp³-hybridized carbons (Fsp3) is 0.391. The van der Waals surface area contributed by atoms with E-state index in [1.807, 2.05) is 30.3 Å².